The van der Waals surface area contributed by atoms with Crippen molar-refractivity contribution in [3.05, 3.63) is 88.0 Å². The van der Waals surface area contributed by atoms with Crippen molar-refractivity contribution in [2.45, 2.75) is 24.5 Å². The van der Waals surface area contributed by atoms with Crippen molar-refractivity contribution in [1.29, 1.82) is 0 Å². The van der Waals surface area contributed by atoms with E-state index in [4.69, 9.17) is 24.3 Å². The van der Waals surface area contributed by atoms with E-state index in [0.29, 0.717) is 11.1 Å². The number of H-pyrrole nitrogens is 1. The minimum absolute atomic E-state index is 0.0397. The van der Waals surface area contributed by atoms with E-state index >= 15 is 0 Å². The van der Waals surface area contributed by atoms with Crippen molar-refractivity contribution in [3.8, 4) is 0 Å². The number of fused-ring (bicyclic) bond motifs is 2. The highest BCUT2D eigenvalue weighted by Crippen LogP contribution is 2.53. The second kappa shape index (κ2) is 9.52. The number of phosphoric ester groups is 1. The molecule has 14 nitrogen and oxygen atoms in total. The van der Waals surface area contributed by atoms with E-state index in [1.54, 1.807) is 30.3 Å². The van der Waals surface area contributed by atoms with Gasteiger partial charge in [-0.1, -0.05) is 42.5 Å². The van der Waals surface area contributed by atoms with Crippen LogP contribution in [0.3, 0.4) is 0 Å². The molecule has 2 fully saturated rings. The molecule has 0 radical (unpaired) electrons. The second-order valence-corrected chi connectivity index (χ2v) is 10.2. The third kappa shape index (κ3) is 4.64. The minimum atomic E-state index is -4.45. The molecule has 2 aliphatic heterocycles. The number of hydrogen-bond acceptors (Lipinski definition) is 11. The molecular weight excluding hydrogens is 533 g/mol. The second-order valence-electron chi connectivity index (χ2n) is 8.82. The van der Waals surface area contributed by atoms with Crippen LogP contribution in [0.4, 0.5) is 5.95 Å². The van der Waals surface area contributed by atoms with Gasteiger partial charge in [0.25, 0.3) is 5.56 Å². The maximum Gasteiger partial charge on any atom is 0.472 e. The number of phosphoric acid groups is 1. The molecule has 200 valence electrons. The summed E-state index contributed by atoms with van der Waals surface area (Å²) in [6, 6.07) is 14.5. The number of carbonyl (C=O) groups excluding carboxylic acids is 2. The summed E-state index contributed by atoms with van der Waals surface area (Å²) in [6.07, 6.45) is -3.29. The van der Waals surface area contributed by atoms with Gasteiger partial charge in [-0.15, -0.1) is 0 Å². The van der Waals surface area contributed by atoms with E-state index < -0.39 is 43.9 Å². The van der Waals surface area contributed by atoms with Gasteiger partial charge in [0.05, 0.1) is 18.5 Å². The van der Waals surface area contributed by atoms with Crippen molar-refractivity contribution in [2.24, 2.45) is 0 Å². The Morgan fingerprint density at radius 2 is 1.79 bits per heavy atom. The lowest BCUT2D eigenvalue weighted by Gasteiger charge is -2.29. The van der Waals surface area contributed by atoms with Gasteiger partial charge in [0.2, 0.25) is 5.95 Å². The molecule has 2 aromatic heterocycles. The number of aromatic amines is 1. The van der Waals surface area contributed by atoms with Crippen molar-refractivity contribution >= 4 is 36.7 Å². The summed E-state index contributed by atoms with van der Waals surface area (Å²) in [4.78, 5) is 58.5. The standard InChI is InChI=1S/C24H20N5O9P/c25-24-27-20-16(21(31)28-24)26-11-29(20)22-19(18-15(36-22)10-35-39(33,34)38-18)37-23(32)14-8-6-13(7-9-14)17(30)12-4-2-1-3-5-12/h1-9,11,15,18-19,22H,10H2,(H,33,34)(H3,25,27,28,31)/t15-,18-,19-,22-/m1/s1. The molecule has 0 aliphatic carbocycles. The number of nitrogens with one attached hydrogen (secondary N) is 1. The van der Waals surface area contributed by atoms with Crippen molar-refractivity contribution in [2.75, 3.05) is 12.3 Å². The zero-order valence-corrected chi connectivity index (χ0v) is 20.8. The average Bonchev–Trinajstić information content (AvgIpc) is 3.49. The van der Waals surface area contributed by atoms with Crippen molar-refractivity contribution in [1.82, 2.24) is 19.5 Å². The Bertz CT molecular complexity index is 1690. The van der Waals surface area contributed by atoms with E-state index in [-0.39, 0.29) is 35.1 Å². The van der Waals surface area contributed by atoms with Gasteiger partial charge >= 0.3 is 13.8 Å². The Morgan fingerprint density at radius 3 is 2.54 bits per heavy atom. The molecular formula is C24H20N5O9P. The topological polar surface area (TPSA) is 198 Å². The van der Waals surface area contributed by atoms with Gasteiger partial charge < -0.3 is 20.1 Å². The summed E-state index contributed by atoms with van der Waals surface area (Å²) in [5.41, 5.74) is 6.07. The smallest absolute Gasteiger partial charge is 0.451 e. The normalized spacial score (nSPS) is 26.3. The molecule has 1 unspecified atom stereocenters. The number of anilines is 1. The minimum Gasteiger partial charge on any atom is -0.451 e. The van der Waals surface area contributed by atoms with Crippen LogP contribution in [0.15, 0.2) is 65.7 Å². The van der Waals surface area contributed by atoms with Crippen LogP contribution in [0, 0.1) is 0 Å². The van der Waals surface area contributed by atoms with Crippen LogP contribution in [-0.2, 0) is 23.1 Å². The Hall–Kier alpha value is -4.20. The zero-order valence-electron chi connectivity index (χ0n) is 19.9. The Kier molecular flexibility index (Phi) is 6.13. The lowest BCUT2D eigenvalue weighted by atomic mass is 10.0. The monoisotopic (exact) mass is 553 g/mol. The van der Waals surface area contributed by atoms with Gasteiger partial charge in [-0.25, -0.2) is 14.3 Å². The fourth-order valence-electron chi connectivity index (χ4n) is 4.51. The number of nitrogens with two attached hydrogens (primary N) is 1. The van der Waals surface area contributed by atoms with Crippen LogP contribution in [-0.4, -0.2) is 61.1 Å². The van der Waals surface area contributed by atoms with Crippen LogP contribution in [0.1, 0.15) is 32.5 Å². The van der Waals surface area contributed by atoms with Gasteiger partial charge in [-0.05, 0) is 12.1 Å². The Labute approximate surface area is 218 Å². The molecule has 4 aromatic rings. The molecule has 2 aromatic carbocycles. The average molecular weight is 553 g/mol. The summed E-state index contributed by atoms with van der Waals surface area (Å²) < 4.78 is 35.3. The molecule has 0 bridgehead atoms. The third-order valence-corrected chi connectivity index (χ3v) is 7.31. The maximum atomic E-state index is 13.2. The summed E-state index contributed by atoms with van der Waals surface area (Å²) in [5.74, 6) is -1.21. The number of ether oxygens (including phenoxy) is 2. The molecule has 0 spiro atoms. The fourth-order valence-corrected chi connectivity index (χ4v) is 5.47. The number of hydrogen-bond donors (Lipinski definition) is 3. The van der Waals surface area contributed by atoms with E-state index in [1.807, 2.05) is 0 Å². The van der Waals surface area contributed by atoms with Crippen LogP contribution < -0.4 is 11.3 Å². The molecule has 5 atom stereocenters. The summed E-state index contributed by atoms with van der Waals surface area (Å²) in [5, 5.41) is 0. The number of carbonyl (C=O) groups is 2. The number of rotatable bonds is 5. The molecule has 2 saturated heterocycles. The summed E-state index contributed by atoms with van der Waals surface area (Å²) in [6.45, 7) is -0.317. The fraction of sp³-hybridized carbons (Fsp3) is 0.208. The molecule has 0 amide bonds. The number of ketones is 1. The molecule has 4 heterocycles. The number of imidazole rings is 1. The van der Waals surface area contributed by atoms with E-state index in [0.717, 1.165) is 0 Å². The SMILES string of the molecule is Nc1nc2c(ncn2[C@@H]2O[C@@H]3COP(=O)(O)O[C@H]3[C@H]2OC(=O)c2ccc(C(=O)c3ccccc3)cc2)c(=O)[nH]1. The first-order valence-electron chi connectivity index (χ1n) is 11.6. The van der Waals surface area contributed by atoms with E-state index in [9.17, 15) is 23.8 Å². The van der Waals surface area contributed by atoms with Crippen LogP contribution >= 0.6 is 7.82 Å². The number of nitrogens with zero attached hydrogens (tertiary/aromatic N) is 3. The Balaban J connectivity index is 1.30. The molecule has 39 heavy (non-hydrogen) atoms. The van der Waals surface area contributed by atoms with Crippen LogP contribution in [0.5, 0.6) is 0 Å². The number of aromatic nitrogens is 4. The molecule has 0 saturated carbocycles. The lowest BCUT2D eigenvalue weighted by Crippen LogP contribution is -2.41. The molecule has 4 N–H and O–H groups in total. The van der Waals surface area contributed by atoms with Gasteiger partial charge in [0.15, 0.2) is 29.3 Å². The first-order valence-corrected chi connectivity index (χ1v) is 13.1. The first kappa shape index (κ1) is 25.1. The third-order valence-electron chi connectivity index (χ3n) is 6.33. The summed E-state index contributed by atoms with van der Waals surface area (Å²) >= 11 is 0. The van der Waals surface area contributed by atoms with Crippen LogP contribution in [0.2, 0.25) is 0 Å². The van der Waals surface area contributed by atoms with Crippen molar-refractivity contribution < 1.29 is 37.6 Å². The highest BCUT2D eigenvalue weighted by Gasteiger charge is 2.55. The number of esters is 1. The molecule has 15 heteroatoms. The number of nitrogen functional groups attached to an aromatic ring is 1. The molecule has 6 rings (SSSR count). The predicted molar refractivity (Wildman–Crippen MR) is 133 cm³/mol. The highest BCUT2D eigenvalue weighted by molar-refractivity contribution is 7.47. The highest BCUT2D eigenvalue weighted by atomic mass is 31.2. The van der Waals surface area contributed by atoms with E-state index in [2.05, 4.69) is 15.0 Å². The lowest BCUT2D eigenvalue weighted by molar-refractivity contribution is -0.0666. The van der Waals surface area contributed by atoms with Crippen molar-refractivity contribution in [3.63, 3.8) is 0 Å². The Morgan fingerprint density at radius 1 is 1.10 bits per heavy atom. The maximum absolute atomic E-state index is 13.2. The van der Waals surface area contributed by atoms with Gasteiger partial charge in [0, 0.05) is 11.1 Å². The van der Waals surface area contributed by atoms with Crippen LogP contribution in [0.25, 0.3) is 11.2 Å². The number of benzene rings is 2. The quantitative estimate of drug-likeness (QED) is 0.183. The van der Waals surface area contributed by atoms with Gasteiger partial charge in [-0.3, -0.25) is 28.2 Å². The van der Waals surface area contributed by atoms with Gasteiger partial charge in [-0.2, -0.15) is 4.98 Å². The molecule has 2 aliphatic rings. The zero-order chi connectivity index (χ0) is 27.3. The first-order chi connectivity index (χ1) is 18.7. The predicted octanol–water partition coefficient (Wildman–Crippen LogP) is 1.57. The largest absolute Gasteiger partial charge is 0.472 e. The van der Waals surface area contributed by atoms with Gasteiger partial charge in [0.1, 0.15) is 12.2 Å². The summed E-state index contributed by atoms with van der Waals surface area (Å²) in [7, 11) is -4.45. The van der Waals surface area contributed by atoms with E-state index in [1.165, 1.54) is 35.2 Å².